The van der Waals surface area contributed by atoms with E-state index in [9.17, 15) is 0 Å². The molecule has 12 heavy (non-hydrogen) atoms. The van der Waals surface area contributed by atoms with Crippen molar-refractivity contribution in [2.75, 3.05) is 6.54 Å². The van der Waals surface area contributed by atoms with Crippen molar-refractivity contribution in [3.05, 3.63) is 12.7 Å². The Morgan fingerprint density at radius 1 is 1.58 bits per heavy atom. The second-order valence-corrected chi connectivity index (χ2v) is 4.46. The maximum absolute atomic E-state index is 3.72. The van der Waals surface area contributed by atoms with E-state index in [1.54, 1.807) is 0 Å². The molecule has 1 heteroatoms. The fourth-order valence-electron chi connectivity index (χ4n) is 2.06. The minimum Gasteiger partial charge on any atom is -0.313 e. The highest BCUT2D eigenvalue weighted by molar-refractivity contribution is 4.90. The van der Waals surface area contributed by atoms with Gasteiger partial charge in [-0.05, 0) is 31.2 Å². The molecule has 70 valence electrons. The van der Waals surface area contributed by atoms with Gasteiger partial charge in [0.15, 0.2) is 0 Å². The van der Waals surface area contributed by atoms with Gasteiger partial charge in [0.2, 0.25) is 0 Å². The fourth-order valence-corrected chi connectivity index (χ4v) is 2.06. The first-order valence-electron chi connectivity index (χ1n) is 5.01. The lowest BCUT2D eigenvalue weighted by Gasteiger charge is -2.27. The molecule has 0 heterocycles. The van der Waals surface area contributed by atoms with Crippen molar-refractivity contribution in [2.45, 2.75) is 45.6 Å². The van der Waals surface area contributed by atoms with E-state index in [1.165, 1.54) is 19.3 Å². The smallest absolute Gasteiger partial charge is 0.0118 e. The molecule has 0 aliphatic heterocycles. The minimum absolute atomic E-state index is 0.515. The van der Waals surface area contributed by atoms with E-state index in [4.69, 9.17) is 0 Å². The van der Waals surface area contributed by atoms with Gasteiger partial charge in [-0.2, -0.15) is 0 Å². The molecule has 0 amide bonds. The zero-order chi connectivity index (χ0) is 9.03. The molecule has 1 aliphatic carbocycles. The first kappa shape index (κ1) is 9.79. The first-order valence-corrected chi connectivity index (χ1v) is 5.01. The van der Waals surface area contributed by atoms with Crippen LogP contribution in [0.1, 0.15) is 39.5 Å². The van der Waals surface area contributed by atoms with E-state index < -0.39 is 0 Å². The van der Waals surface area contributed by atoms with Crippen molar-refractivity contribution >= 4 is 0 Å². The Morgan fingerprint density at radius 3 is 2.83 bits per heavy atom. The van der Waals surface area contributed by atoms with Gasteiger partial charge in [0.1, 0.15) is 0 Å². The summed E-state index contributed by atoms with van der Waals surface area (Å²) in [6, 6.07) is 0.734. The van der Waals surface area contributed by atoms with Gasteiger partial charge in [-0.3, -0.25) is 0 Å². The average molecular weight is 167 g/mol. The van der Waals surface area contributed by atoms with Crippen LogP contribution in [-0.2, 0) is 0 Å². The highest BCUT2D eigenvalue weighted by Crippen LogP contribution is 2.36. The van der Waals surface area contributed by atoms with Crippen LogP contribution in [0.3, 0.4) is 0 Å². The Bertz CT molecular complexity index is 149. The molecule has 0 bridgehead atoms. The summed E-state index contributed by atoms with van der Waals surface area (Å²) in [7, 11) is 0. The normalized spacial score (nSPS) is 27.3. The number of rotatable bonds is 4. The first-order chi connectivity index (χ1) is 5.67. The van der Waals surface area contributed by atoms with Crippen LogP contribution in [0.2, 0.25) is 0 Å². The van der Waals surface area contributed by atoms with Crippen molar-refractivity contribution in [3.8, 4) is 0 Å². The number of hydrogen-bond donors (Lipinski definition) is 1. The van der Waals surface area contributed by atoms with Crippen molar-refractivity contribution in [3.63, 3.8) is 0 Å². The molecule has 0 aromatic rings. The molecule has 1 fully saturated rings. The topological polar surface area (TPSA) is 12.0 Å². The van der Waals surface area contributed by atoms with E-state index in [0.29, 0.717) is 5.41 Å². The number of nitrogens with one attached hydrogen (secondary N) is 1. The average Bonchev–Trinajstić information content (AvgIpc) is 2.32. The Kier molecular flexibility index (Phi) is 3.33. The van der Waals surface area contributed by atoms with Crippen LogP contribution < -0.4 is 5.32 Å². The van der Waals surface area contributed by atoms with Gasteiger partial charge in [0.25, 0.3) is 0 Å². The third-order valence-corrected chi connectivity index (χ3v) is 3.00. The molecule has 1 aliphatic rings. The largest absolute Gasteiger partial charge is 0.313 e. The minimum atomic E-state index is 0.515. The van der Waals surface area contributed by atoms with E-state index >= 15 is 0 Å². The molecule has 1 nitrogen and oxygen atoms in total. The standard InChI is InChI=1S/C11H21N/c1-4-5-9-12-10-7-6-8-11(10,2)3/h4,10,12H,1,5-9H2,2-3H3. The Hall–Kier alpha value is -0.300. The quantitative estimate of drug-likeness (QED) is 0.501. The molecule has 0 saturated heterocycles. The van der Waals surface area contributed by atoms with Gasteiger partial charge in [-0.1, -0.05) is 26.3 Å². The predicted molar refractivity (Wildman–Crippen MR) is 54.2 cm³/mol. The highest BCUT2D eigenvalue weighted by atomic mass is 14.9. The van der Waals surface area contributed by atoms with Gasteiger partial charge in [0, 0.05) is 6.04 Å². The maximum Gasteiger partial charge on any atom is 0.0118 e. The molecule has 1 saturated carbocycles. The van der Waals surface area contributed by atoms with E-state index in [1.807, 2.05) is 6.08 Å². The summed E-state index contributed by atoms with van der Waals surface area (Å²) in [5, 5.41) is 3.60. The van der Waals surface area contributed by atoms with Crippen molar-refractivity contribution in [1.29, 1.82) is 0 Å². The Balaban J connectivity index is 2.26. The highest BCUT2D eigenvalue weighted by Gasteiger charge is 2.33. The molecular formula is C11H21N. The third-order valence-electron chi connectivity index (χ3n) is 3.00. The summed E-state index contributed by atoms with van der Waals surface area (Å²) < 4.78 is 0. The van der Waals surface area contributed by atoms with Crippen LogP contribution in [0.4, 0.5) is 0 Å². The van der Waals surface area contributed by atoms with Crippen LogP contribution in [0.15, 0.2) is 12.7 Å². The van der Waals surface area contributed by atoms with Crippen molar-refractivity contribution in [1.82, 2.24) is 5.32 Å². The van der Waals surface area contributed by atoms with Gasteiger partial charge >= 0.3 is 0 Å². The van der Waals surface area contributed by atoms with E-state index in [2.05, 4.69) is 25.7 Å². The van der Waals surface area contributed by atoms with Crippen LogP contribution in [0, 0.1) is 5.41 Å². The van der Waals surface area contributed by atoms with E-state index in [0.717, 1.165) is 19.0 Å². The van der Waals surface area contributed by atoms with Crippen LogP contribution >= 0.6 is 0 Å². The lowest BCUT2D eigenvalue weighted by Crippen LogP contribution is -2.38. The molecule has 1 unspecified atom stereocenters. The summed E-state index contributed by atoms with van der Waals surface area (Å²) in [5.41, 5.74) is 0.515. The molecule has 1 N–H and O–H groups in total. The molecule has 0 radical (unpaired) electrons. The summed E-state index contributed by atoms with van der Waals surface area (Å²) >= 11 is 0. The van der Waals surface area contributed by atoms with Gasteiger partial charge in [-0.25, -0.2) is 0 Å². The fraction of sp³-hybridized carbons (Fsp3) is 0.818. The summed E-state index contributed by atoms with van der Waals surface area (Å²) in [6.45, 7) is 9.55. The second kappa shape index (κ2) is 4.08. The zero-order valence-electron chi connectivity index (χ0n) is 8.40. The molecule has 0 spiro atoms. The molecular weight excluding hydrogens is 146 g/mol. The Morgan fingerprint density at radius 2 is 2.33 bits per heavy atom. The van der Waals surface area contributed by atoms with Gasteiger partial charge < -0.3 is 5.32 Å². The molecule has 1 rings (SSSR count). The lowest BCUT2D eigenvalue weighted by atomic mass is 9.87. The third kappa shape index (κ3) is 2.34. The van der Waals surface area contributed by atoms with E-state index in [-0.39, 0.29) is 0 Å². The van der Waals surface area contributed by atoms with Crippen LogP contribution in [0.5, 0.6) is 0 Å². The zero-order valence-corrected chi connectivity index (χ0v) is 8.40. The molecule has 0 aromatic heterocycles. The lowest BCUT2D eigenvalue weighted by molar-refractivity contribution is 0.286. The molecule has 0 aromatic carbocycles. The van der Waals surface area contributed by atoms with Gasteiger partial charge in [-0.15, -0.1) is 6.58 Å². The number of hydrogen-bond acceptors (Lipinski definition) is 1. The second-order valence-electron chi connectivity index (χ2n) is 4.46. The van der Waals surface area contributed by atoms with Crippen LogP contribution in [-0.4, -0.2) is 12.6 Å². The maximum atomic E-state index is 3.72. The van der Waals surface area contributed by atoms with Gasteiger partial charge in [0.05, 0.1) is 0 Å². The monoisotopic (exact) mass is 167 g/mol. The summed E-state index contributed by atoms with van der Waals surface area (Å²) in [4.78, 5) is 0. The van der Waals surface area contributed by atoms with Crippen molar-refractivity contribution in [2.24, 2.45) is 5.41 Å². The SMILES string of the molecule is C=CCCNC1CCCC1(C)C. The van der Waals surface area contributed by atoms with Crippen molar-refractivity contribution < 1.29 is 0 Å². The predicted octanol–water partition coefficient (Wildman–Crippen LogP) is 2.73. The summed E-state index contributed by atoms with van der Waals surface area (Å²) in [5.74, 6) is 0. The molecule has 1 atom stereocenters. The Labute approximate surface area is 76.2 Å². The summed E-state index contributed by atoms with van der Waals surface area (Å²) in [6.07, 6.45) is 7.18. The van der Waals surface area contributed by atoms with Crippen LogP contribution in [0.25, 0.3) is 0 Å².